The minimum atomic E-state index is 0.783. The normalized spacial score (nSPS) is 15.3. The summed E-state index contributed by atoms with van der Waals surface area (Å²) in [5, 5.41) is 5.69. The number of pyridine rings is 1. The number of hydrazone groups is 1. The van der Waals surface area contributed by atoms with E-state index in [1.165, 1.54) is 11.1 Å². The molecule has 1 aliphatic carbocycles. The molecule has 0 bridgehead atoms. The number of rotatable bonds is 2. The summed E-state index contributed by atoms with van der Waals surface area (Å²) in [6, 6.07) is 20.6. The van der Waals surface area contributed by atoms with E-state index in [4.69, 9.17) is 0 Å². The van der Waals surface area contributed by atoms with Gasteiger partial charge < -0.3 is 0 Å². The molecule has 2 aromatic carbocycles. The predicted molar refractivity (Wildman–Crippen MR) is 86.7 cm³/mol. The quantitative estimate of drug-likeness (QED) is 0.717. The highest BCUT2D eigenvalue weighted by molar-refractivity contribution is 6.04. The molecule has 3 nitrogen and oxygen atoms in total. The second-order valence-corrected chi connectivity index (χ2v) is 5.22. The van der Waals surface area contributed by atoms with E-state index in [2.05, 4.69) is 51.9 Å². The average molecular weight is 273 g/mol. The number of aromatic nitrogens is 1. The van der Waals surface area contributed by atoms with Gasteiger partial charge >= 0.3 is 0 Å². The van der Waals surface area contributed by atoms with Crippen molar-refractivity contribution in [2.24, 2.45) is 5.10 Å². The Morgan fingerprint density at radius 2 is 1.71 bits per heavy atom. The van der Waals surface area contributed by atoms with Crippen LogP contribution in [0.5, 0.6) is 0 Å². The van der Waals surface area contributed by atoms with Crippen molar-refractivity contribution in [2.45, 2.75) is 12.8 Å². The Kier molecular flexibility index (Phi) is 2.89. The van der Waals surface area contributed by atoms with Crippen LogP contribution in [-0.2, 0) is 6.42 Å². The zero-order valence-corrected chi connectivity index (χ0v) is 11.6. The fraction of sp³-hybridized carbons (Fsp3) is 0.111. The van der Waals surface area contributed by atoms with E-state index in [1.807, 2.05) is 24.3 Å². The Hall–Kier alpha value is -2.68. The number of nitrogens with one attached hydrogen (secondary N) is 1. The lowest BCUT2D eigenvalue weighted by atomic mass is 10.1. The van der Waals surface area contributed by atoms with Crippen molar-refractivity contribution in [3.05, 3.63) is 71.8 Å². The average Bonchev–Trinajstić information content (AvgIpc) is 2.96. The third-order valence-corrected chi connectivity index (χ3v) is 3.86. The molecule has 1 N–H and O–H groups in total. The minimum Gasteiger partial charge on any atom is -0.261 e. The molecule has 0 saturated heterocycles. The molecule has 3 heteroatoms. The first kappa shape index (κ1) is 12.1. The van der Waals surface area contributed by atoms with E-state index in [9.17, 15) is 0 Å². The molecule has 1 heterocycles. The van der Waals surface area contributed by atoms with Gasteiger partial charge in [-0.1, -0.05) is 42.5 Å². The van der Waals surface area contributed by atoms with Crippen molar-refractivity contribution in [2.75, 3.05) is 5.43 Å². The van der Waals surface area contributed by atoms with Crippen molar-refractivity contribution >= 4 is 22.4 Å². The maximum absolute atomic E-state index is 4.57. The number of benzene rings is 2. The van der Waals surface area contributed by atoms with Crippen molar-refractivity contribution < 1.29 is 0 Å². The Labute approximate surface area is 123 Å². The maximum Gasteiger partial charge on any atom is 0.146 e. The first-order valence-corrected chi connectivity index (χ1v) is 7.17. The van der Waals surface area contributed by atoms with Gasteiger partial charge in [-0.3, -0.25) is 5.43 Å². The molecule has 0 amide bonds. The topological polar surface area (TPSA) is 37.3 Å². The molecule has 0 unspecified atom stereocenters. The van der Waals surface area contributed by atoms with Crippen LogP contribution in [-0.4, -0.2) is 10.7 Å². The van der Waals surface area contributed by atoms with Gasteiger partial charge in [0.25, 0.3) is 0 Å². The SMILES string of the molecule is c1ccc2c(c1)CCC2=NNc1ccc2ccccc2n1. The lowest BCUT2D eigenvalue weighted by molar-refractivity contribution is 1.09. The van der Waals surface area contributed by atoms with E-state index in [0.29, 0.717) is 0 Å². The standard InChI is InChI=1S/C18H15N3/c1-3-7-15-13(5-1)9-11-17(15)20-21-18-12-10-14-6-2-4-8-16(14)19-18/h1-8,10,12H,9,11H2,(H,19,21). The second-order valence-electron chi connectivity index (χ2n) is 5.22. The number of anilines is 1. The van der Waals surface area contributed by atoms with Crippen LogP contribution < -0.4 is 5.43 Å². The van der Waals surface area contributed by atoms with Gasteiger partial charge in [-0.2, -0.15) is 5.10 Å². The molecule has 3 aromatic rings. The van der Waals surface area contributed by atoms with E-state index in [1.54, 1.807) is 0 Å². The summed E-state index contributed by atoms with van der Waals surface area (Å²) in [6.45, 7) is 0. The summed E-state index contributed by atoms with van der Waals surface area (Å²) >= 11 is 0. The molecule has 0 aliphatic heterocycles. The van der Waals surface area contributed by atoms with E-state index >= 15 is 0 Å². The van der Waals surface area contributed by atoms with Crippen LogP contribution in [0.3, 0.4) is 0 Å². The third kappa shape index (κ3) is 2.27. The second kappa shape index (κ2) is 5.02. The van der Waals surface area contributed by atoms with Gasteiger partial charge in [0.2, 0.25) is 0 Å². The number of para-hydroxylation sites is 1. The summed E-state index contributed by atoms with van der Waals surface area (Å²) in [7, 11) is 0. The molecule has 0 radical (unpaired) electrons. The van der Waals surface area contributed by atoms with Crippen LogP contribution in [0.25, 0.3) is 10.9 Å². The zero-order valence-electron chi connectivity index (χ0n) is 11.6. The molecular weight excluding hydrogens is 258 g/mol. The molecule has 4 rings (SSSR count). The van der Waals surface area contributed by atoms with Crippen molar-refractivity contribution in [1.82, 2.24) is 4.98 Å². The number of aryl methyl sites for hydroxylation is 1. The summed E-state index contributed by atoms with van der Waals surface area (Å²) in [5.41, 5.74) is 7.82. The van der Waals surface area contributed by atoms with E-state index < -0.39 is 0 Å². The van der Waals surface area contributed by atoms with E-state index in [0.717, 1.165) is 35.3 Å². The van der Waals surface area contributed by atoms with Crippen LogP contribution in [0.1, 0.15) is 17.5 Å². The summed E-state index contributed by atoms with van der Waals surface area (Å²) < 4.78 is 0. The van der Waals surface area contributed by atoms with Gasteiger partial charge in [0.15, 0.2) is 0 Å². The predicted octanol–water partition coefficient (Wildman–Crippen LogP) is 4.00. The van der Waals surface area contributed by atoms with Crippen molar-refractivity contribution in [3.8, 4) is 0 Å². The van der Waals surface area contributed by atoms with Crippen LogP contribution in [0, 0.1) is 0 Å². The molecular formula is C18H15N3. The zero-order chi connectivity index (χ0) is 14.1. The summed E-state index contributed by atoms with van der Waals surface area (Å²) in [5.74, 6) is 0.783. The number of fused-ring (bicyclic) bond motifs is 2. The monoisotopic (exact) mass is 273 g/mol. The molecule has 0 fully saturated rings. The molecule has 102 valence electrons. The van der Waals surface area contributed by atoms with Crippen molar-refractivity contribution in [1.29, 1.82) is 0 Å². The first-order valence-electron chi connectivity index (χ1n) is 7.17. The summed E-state index contributed by atoms with van der Waals surface area (Å²) in [4.78, 5) is 4.57. The van der Waals surface area contributed by atoms with Gasteiger partial charge in [0, 0.05) is 10.9 Å². The van der Waals surface area contributed by atoms with Crippen LogP contribution >= 0.6 is 0 Å². The maximum atomic E-state index is 4.57. The van der Waals surface area contributed by atoms with Crippen LogP contribution in [0.4, 0.5) is 5.82 Å². The number of nitrogens with zero attached hydrogens (tertiary/aromatic N) is 2. The largest absolute Gasteiger partial charge is 0.261 e. The van der Waals surface area contributed by atoms with Gasteiger partial charge in [-0.15, -0.1) is 0 Å². The lowest BCUT2D eigenvalue weighted by Gasteiger charge is -2.04. The van der Waals surface area contributed by atoms with E-state index in [-0.39, 0.29) is 0 Å². The first-order chi connectivity index (χ1) is 10.4. The molecule has 1 aromatic heterocycles. The lowest BCUT2D eigenvalue weighted by Crippen LogP contribution is -2.01. The molecule has 0 saturated carbocycles. The van der Waals surface area contributed by atoms with Gasteiger partial charge in [-0.05, 0) is 36.6 Å². The Morgan fingerprint density at radius 1 is 0.857 bits per heavy atom. The molecule has 0 spiro atoms. The summed E-state index contributed by atoms with van der Waals surface area (Å²) in [6.07, 6.45) is 2.06. The Morgan fingerprint density at radius 3 is 2.71 bits per heavy atom. The molecule has 21 heavy (non-hydrogen) atoms. The fourth-order valence-electron chi connectivity index (χ4n) is 2.78. The fourth-order valence-corrected chi connectivity index (χ4v) is 2.78. The smallest absolute Gasteiger partial charge is 0.146 e. The number of hydrogen-bond acceptors (Lipinski definition) is 3. The van der Waals surface area contributed by atoms with Gasteiger partial charge in [0.1, 0.15) is 5.82 Å². The van der Waals surface area contributed by atoms with Crippen LogP contribution in [0.2, 0.25) is 0 Å². The highest BCUT2D eigenvalue weighted by Gasteiger charge is 2.16. The Balaban J connectivity index is 1.62. The minimum absolute atomic E-state index is 0.783. The Bertz CT molecular complexity index is 836. The van der Waals surface area contributed by atoms with Crippen LogP contribution in [0.15, 0.2) is 65.8 Å². The van der Waals surface area contributed by atoms with Gasteiger partial charge in [0.05, 0.1) is 11.2 Å². The highest BCUT2D eigenvalue weighted by atomic mass is 15.3. The number of hydrogen-bond donors (Lipinski definition) is 1. The highest BCUT2D eigenvalue weighted by Crippen LogP contribution is 2.22. The van der Waals surface area contributed by atoms with Crippen molar-refractivity contribution in [3.63, 3.8) is 0 Å². The third-order valence-electron chi connectivity index (χ3n) is 3.86. The molecule has 1 aliphatic rings. The molecule has 0 atom stereocenters. The van der Waals surface area contributed by atoms with Gasteiger partial charge in [-0.25, -0.2) is 4.98 Å².